The van der Waals surface area contributed by atoms with E-state index in [-0.39, 0.29) is 11.7 Å². The van der Waals surface area contributed by atoms with Gasteiger partial charge in [-0.15, -0.1) is 11.8 Å². The highest BCUT2D eigenvalue weighted by molar-refractivity contribution is 8.03. The van der Waals surface area contributed by atoms with E-state index in [1.165, 1.54) is 6.07 Å². The Hall–Kier alpha value is -2.04. The van der Waals surface area contributed by atoms with Gasteiger partial charge in [-0.05, 0) is 67.1 Å². The third-order valence-electron chi connectivity index (χ3n) is 3.20. The molecule has 0 aliphatic rings. The summed E-state index contributed by atoms with van der Waals surface area (Å²) in [5.41, 5.74) is 2.42. The molecule has 1 N–H and O–H groups in total. The number of nitrogens with one attached hydrogen (secondary N) is 1. The topological polar surface area (TPSA) is 52.9 Å². The van der Waals surface area contributed by atoms with Crippen LogP contribution in [0.2, 0.25) is 0 Å². The molecule has 0 unspecified atom stereocenters. The second-order valence-corrected chi connectivity index (χ2v) is 6.95. The Kier molecular flexibility index (Phi) is 6.23. The zero-order valence-electron chi connectivity index (χ0n) is 13.0. The van der Waals surface area contributed by atoms with E-state index in [0.29, 0.717) is 10.6 Å². The van der Waals surface area contributed by atoms with E-state index in [2.05, 4.69) is 5.32 Å². The largest absolute Gasteiger partial charge is 0.325 e. The first kappa shape index (κ1) is 18.3. The molecule has 2 rings (SSSR count). The molecule has 0 radical (unpaired) electrons. The number of thiocyanates is 1. The summed E-state index contributed by atoms with van der Waals surface area (Å²) in [5.74, 6) is -2.00. The highest BCUT2D eigenvalue weighted by Crippen LogP contribution is 2.28. The van der Waals surface area contributed by atoms with Gasteiger partial charge in [0.05, 0.1) is 5.75 Å². The molecule has 0 aliphatic heterocycles. The summed E-state index contributed by atoms with van der Waals surface area (Å²) < 4.78 is 26.0. The number of hydrogen-bond donors (Lipinski definition) is 1. The molecular weight excluding hydrogens is 350 g/mol. The lowest BCUT2D eigenvalue weighted by molar-refractivity contribution is -0.113. The van der Waals surface area contributed by atoms with Gasteiger partial charge in [0.15, 0.2) is 11.6 Å². The number of anilines is 1. The van der Waals surface area contributed by atoms with Gasteiger partial charge in [0.2, 0.25) is 5.91 Å². The van der Waals surface area contributed by atoms with Crippen LogP contribution in [0.4, 0.5) is 14.5 Å². The van der Waals surface area contributed by atoms with Crippen LogP contribution in [0.25, 0.3) is 0 Å². The number of nitriles is 1. The van der Waals surface area contributed by atoms with Crippen molar-refractivity contribution >= 4 is 35.1 Å². The summed E-state index contributed by atoms with van der Waals surface area (Å²) in [5, 5.41) is 13.6. The number of thioether (sulfide) groups is 2. The molecule has 3 nitrogen and oxygen atoms in total. The van der Waals surface area contributed by atoms with Crippen molar-refractivity contribution in [3.8, 4) is 5.40 Å². The summed E-state index contributed by atoms with van der Waals surface area (Å²) in [7, 11) is 0. The van der Waals surface area contributed by atoms with Crippen molar-refractivity contribution in [1.82, 2.24) is 0 Å². The van der Waals surface area contributed by atoms with Crippen LogP contribution in [0.15, 0.2) is 40.1 Å². The van der Waals surface area contributed by atoms with Crippen LogP contribution in [0.1, 0.15) is 11.1 Å². The van der Waals surface area contributed by atoms with Gasteiger partial charge in [-0.25, -0.2) is 8.78 Å². The molecule has 0 aromatic heterocycles. The molecule has 7 heteroatoms. The van der Waals surface area contributed by atoms with E-state index in [4.69, 9.17) is 5.26 Å². The van der Waals surface area contributed by atoms with E-state index in [0.717, 1.165) is 51.7 Å². The van der Waals surface area contributed by atoms with Gasteiger partial charge in [-0.1, -0.05) is 0 Å². The fraction of sp³-hybridized carbons (Fsp3) is 0.176. The minimum atomic E-state index is -0.933. The lowest BCUT2D eigenvalue weighted by atomic mass is 10.1. The van der Waals surface area contributed by atoms with Crippen LogP contribution >= 0.6 is 23.5 Å². The first-order valence-electron chi connectivity index (χ1n) is 6.95. The van der Waals surface area contributed by atoms with E-state index in [1.807, 2.05) is 31.4 Å². The normalized spacial score (nSPS) is 10.3. The minimum absolute atomic E-state index is 0.0820. The molecule has 0 atom stereocenters. The Morgan fingerprint density at radius 3 is 2.38 bits per heavy atom. The van der Waals surface area contributed by atoms with Crippen molar-refractivity contribution in [2.45, 2.75) is 23.6 Å². The Morgan fingerprint density at radius 1 is 1.12 bits per heavy atom. The fourth-order valence-electron chi connectivity index (χ4n) is 2.12. The highest BCUT2D eigenvalue weighted by Gasteiger charge is 2.11. The Balaban J connectivity index is 2.02. The first-order chi connectivity index (χ1) is 11.4. The van der Waals surface area contributed by atoms with E-state index < -0.39 is 11.6 Å². The zero-order chi connectivity index (χ0) is 17.7. The van der Waals surface area contributed by atoms with E-state index in [1.54, 1.807) is 0 Å². The van der Waals surface area contributed by atoms with Crippen LogP contribution in [0, 0.1) is 36.1 Å². The van der Waals surface area contributed by atoms with Crippen molar-refractivity contribution < 1.29 is 13.6 Å². The minimum Gasteiger partial charge on any atom is -0.325 e. The standard InChI is InChI=1S/C17H14F2N2OS2/c1-10-5-13(24-9-20)6-11(2)17(10)21-16(22)8-23-12-3-4-14(18)15(19)7-12/h3-7H,8H2,1-2H3,(H,21,22). The highest BCUT2D eigenvalue weighted by atomic mass is 32.2. The van der Waals surface area contributed by atoms with Crippen LogP contribution in [0.5, 0.6) is 0 Å². The average Bonchev–Trinajstić information content (AvgIpc) is 2.52. The number of benzene rings is 2. The summed E-state index contributed by atoms with van der Waals surface area (Å²) in [6.07, 6.45) is 0. The van der Waals surface area contributed by atoms with Crippen molar-refractivity contribution in [3.63, 3.8) is 0 Å². The average molecular weight is 364 g/mol. The fourth-order valence-corrected chi connectivity index (χ4v) is 3.42. The van der Waals surface area contributed by atoms with Gasteiger partial charge in [0.1, 0.15) is 5.40 Å². The molecule has 0 saturated heterocycles. The molecule has 0 spiro atoms. The van der Waals surface area contributed by atoms with E-state index in [9.17, 15) is 13.6 Å². The van der Waals surface area contributed by atoms with Crippen molar-refractivity contribution in [3.05, 3.63) is 53.1 Å². The predicted octanol–water partition coefficient (Wildman–Crippen LogP) is 4.89. The Morgan fingerprint density at radius 2 is 1.79 bits per heavy atom. The summed E-state index contributed by atoms with van der Waals surface area (Å²) >= 11 is 2.19. The number of rotatable bonds is 5. The molecule has 24 heavy (non-hydrogen) atoms. The van der Waals surface area contributed by atoms with Gasteiger partial charge >= 0.3 is 0 Å². The van der Waals surface area contributed by atoms with Gasteiger partial charge < -0.3 is 5.32 Å². The molecule has 0 bridgehead atoms. The second kappa shape index (κ2) is 8.18. The lowest BCUT2D eigenvalue weighted by Gasteiger charge is -2.13. The van der Waals surface area contributed by atoms with Crippen LogP contribution in [-0.4, -0.2) is 11.7 Å². The van der Waals surface area contributed by atoms with Crippen LogP contribution < -0.4 is 5.32 Å². The van der Waals surface area contributed by atoms with Crippen molar-refractivity contribution in [2.75, 3.05) is 11.1 Å². The molecule has 0 heterocycles. The zero-order valence-corrected chi connectivity index (χ0v) is 14.7. The number of aryl methyl sites for hydroxylation is 2. The number of carbonyl (C=O) groups is 1. The lowest BCUT2D eigenvalue weighted by Crippen LogP contribution is -2.15. The van der Waals surface area contributed by atoms with Crippen LogP contribution in [0.3, 0.4) is 0 Å². The monoisotopic (exact) mass is 364 g/mol. The van der Waals surface area contributed by atoms with Gasteiger partial charge in [0, 0.05) is 15.5 Å². The number of hydrogen-bond acceptors (Lipinski definition) is 4. The molecule has 0 aliphatic carbocycles. The number of halogens is 2. The SMILES string of the molecule is Cc1cc(SC#N)cc(C)c1NC(=O)CSc1ccc(F)c(F)c1. The molecule has 0 saturated carbocycles. The molecule has 1 amide bonds. The third kappa shape index (κ3) is 4.73. The maximum Gasteiger partial charge on any atom is 0.234 e. The van der Waals surface area contributed by atoms with Crippen LogP contribution in [-0.2, 0) is 4.79 Å². The molecular formula is C17H14F2N2OS2. The van der Waals surface area contributed by atoms with Gasteiger partial charge in [0.25, 0.3) is 0 Å². The number of carbonyl (C=O) groups excluding carboxylic acids is 1. The summed E-state index contributed by atoms with van der Waals surface area (Å²) in [4.78, 5) is 13.4. The summed E-state index contributed by atoms with van der Waals surface area (Å²) in [6.45, 7) is 3.71. The molecule has 0 fully saturated rings. The smallest absolute Gasteiger partial charge is 0.234 e. The number of nitrogens with zero attached hydrogens (tertiary/aromatic N) is 1. The Labute approximate surface area is 147 Å². The van der Waals surface area contributed by atoms with Gasteiger partial charge in [-0.2, -0.15) is 5.26 Å². The third-order valence-corrected chi connectivity index (χ3v) is 4.75. The molecule has 124 valence electrons. The quantitative estimate of drug-likeness (QED) is 0.606. The first-order valence-corrected chi connectivity index (χ1v) is 8.76. The van der Waals surface area contributed by atoms with Gasteiger partial charge in [-0.3, -0.25) is 4.79 Å². The predicted molar refractivity (Wildman–Crippen MR) is 93.1 cm³/mol. The maximum atomic E-state index is 13.1. The molecule has 2 aromatic carbocycles. The van der Waals surface area contributed by atoms with E-state index >= 15 is 0 Å². The van der Waals surface area contributed by atoms with Crippen molar-refractivity contribution in [1.29, 1.82) is 5.26 Å². The second-order valence-electron chi connectivity index (χ2n) is 5.04. The number of amides is 1. The summed E-state index contributed by atoms with van der Waals surface area (Å²) in [6, 6.07) is 7.20. The van der Waals surface area contributed by atoms with Crippen molar-refractivity contribution in [2.24, 2.45) is 0 Å². The molecule has 2 aromatic rings. The Bertz CT molecular complexity index is 796. The maximum absolute atomic E-state index is 13.1.